The average molecular weight is 293 g/mol. The molecule has 110 valence electrons. The fourth-order valence-electron chi connectivity index (χ4n) is 1.52. The minimum Gasteiger partial charge on any atom is -0.463 e. The lowest BCUT2D eigenvalue weighted by Crippen LogP contribution is -2.19. The second-order valence-electron chi connectivity index (χ2n) is 4.04. The van der Waals surface area contributed by atoms with Crippen LogP contribution in [0.15, 0.2) is 24.5 Å². The molecule has 0 saturated carbocycles. The van der Waals surface area contributed by atoms with Crippen molar-refractivity contribution in [1.29, 1.82) is 0 Å². The monoisotopic (exact) mass is 293 g/mol. The lowest BCUT2D eigenvalue weighted by Gasteiger charge is -2.06. The number of rotatable bonds is 4. The zero-order valence-corrected chi connectivity index (χ0v) is 11.0. The van der Waals surface area contributed by atoms with Crippen LogP contribution in [-0.4, -0.2) is 33.8 Å². The number of methoxy groups -OCH3 is 1. The first kappa shape index (κ1) is 14.4. The molecule has 21 heavy (non-hydrogen) atoms. The van der Waals surface area contributed by atoms with Crippen molar-refractivity contribution in [3.05, 3.63) is 36.2 Å². The lowest BCUT2D eigenvalue weighted by atomic mass is 10.2. The predicted molar refractivity (Wildman–Crippen MR) is 70.8 cm³/mol. The SMILES string of the molecule is COC(=O)c1ncn(CC(=O)Nc2ccc(F)c(N)c2)n1. The number of carbonyl (C=O) groups excluding carboxylic acids is 2. The highest BCUT2D eigenvalue weighted by molar-refractivity contribution is 5.91. The fraction of sp³-hybridized carbons (Fsp3) is 0.167. The van der Waals surface area contributed by atoms with Crippen LogP contribution >= 0.6 is 0 Å². The van der Waals surface area contributed by atoms with Gasteiger partial charge in [0, 0.05) is 5.69 Å². The van der Waals surface area contributed by atoms with E-state index in [1.54, 1.807) is 0 Å². The van der Waals surface area contributed by atoms with Crippen LogP contribution in [0.5, 0.6) is 0 Å². The Kier molecular flexibility index (Phi) is 4.12. The summed E-state index contributed by atoms with van der Waals surface area (Å²) in [6.07, 6.45) is 1.23. The predicted octanol–water partition coefficient (Wildman–Crippen LogP) is 0.425. The molecule has 1 heterocycles. The van der Waals surface area contributed by atoms with E-state index in [2.05, 4.69) is 20.1 Å². The number of nitrogens with two attached hydrogens (primary N) is 1. The van der Waals surface area contributed by atoms with Gasteiger partial charge in [-0.1, -0.05) is 0 Å². The Bertz CT molecular complexity index is 685. The second kappa shape index (κ2) is 5.99. The van der Waals surface area contributed by atoms with Gasteiger partial charge in [-0.25, -0.2) is 18.9 Å². The maximum Gasteiger partial charge on any atom is 0.377 e. The number of esters is 1. The lowest BCUT2D eigenvalue weighted by molar-refractivity contribution is -0.116. The van der Waals surface area contributed by atoms with Crippen LogP contribution in [0.2, 0.25) is 0 Å². The molecule has 9 heteroatoms. The molecule has 0 bridgehead atoms. The van der Waals surface area contributed by atoms with Crippen molar-refractivity contribution in [2.75, 3.05) is 18.2 Å². The van der Waals surface area contributed by atoms with Crippen molar-refractivity contribution in [1.82, 2.24) is 14.8 Å². The third-order valence-corrected chi connectivity index (χ3v) is 2.49. The van der Waals surface area contributed by atoms with Gasteiger partial charge in [-0.15, -0.1) is 5.10 Å². The highest BCUT2D eigenvalue weighted by Gasteiger charge is 2.13. The van der Waals surface area contributed by atoms with Gasteiger partial charge < -0.3 is 15.8 Å². The van der Waals surface area contributed by atoms with Gasteiger partial charge in [-0.05, 0) is 18.2 Å². The quantitative estimate of drug-likeness (QED) is 0.624. The van der Waals surface area contributed by atoms with E-state index in [-0.39, 0.29) is 18.1 Å². The molecular formula is C12H12FN5O3. The molecule has 2 rings (SSSR count). The number of hydrogen-bond acceptors (Lipinski definition) is 6. The van der Waals surface area contributed by atoms with Crippen LogP contribution in [0.1, 0.15) is 10.6 Å². The van der Waals surface area contributed by atoms with Gasteiger partial charge in [0.05, 0.1) is 12.8 Å². The number of hydrogen-bond donors (Lipinski definition) is 2. The minimum atomic E-state index is -0.694. The summed E-state index contributed by atoms with van der Waals surface area (Å²) >= 11 is 0. The van der Waals surface area contributed by atoms with Crippen molar-refractivity contribution < 1.29 is 18.7 Å². The molecule has 0 fully saturated rings. The molecule has 0 aliphatic carbocycles. The third-order valence-electron chi connectivity index (χ3n) is 2.49. The van der Waals surface area contributed by atoms with Gasteiger partial charge in [0.15, 0.2) is 0 Å². The number of amides is 1. The summed E-state index contributed by atoms with van der Waals surface area (Å²) in [4.78, 5) is 26.6. The Hall–Kier alpha value is -2.97. The minimum absolute atomic E-state index is 0.0680. The number of nitrogens with one attached hydrogen (secondary N) is 1. The van der Waals surface area contributed by atoms with Gasteiger partial charge in [0.2, 0.25) is 5.91 Å². The maximum absolute atomic E-state index is 13.0. The number of benzene rings is 1. The number of anilines is 2. The van der Waals surface area contributed by atoms with E-state index in [4.69, 9.17) is 5.73 Å². The molecule has 8 nitrogen and oxygen atoms in total. The Balaban J connectivity index is 1.99. The molecule has 0 spiro atoms. The van der Waals surface area contributed by atoms with Gasteiger partial charge in [-0.2, -0.15) is 0 Å². The smallest absolute Gasteiger partial charge is 0.377 e. The first-order valence-corrected chi connectivity index (χ1v) is 5.82. The van der Waals surface area contributed by atoms with Crippen LogP contribution in [-0.2, 0) is 16.1 Å². The number of ether oxygens (including phenoxy) is 1. The van der Waals surface area contributed by atoms with Crippen LogP contribution < -0.4 is 11.1 Å². The summed E-state index contributed by atoms with van der Waals surface area (Å²) in [7, 11) is 1.20. The number of nitrogen functional groups attached to an aromatic ring is 1. The van der Waals surface area contributed by atoms with E-state index in [0.717, 1.165) is 6.07 Å². The Labute approximate surface area is 118 Å². The second-order valence-corrected chi connectivity index (χ2v) is 4.04. The van der Waals surface area contributed by atoms with E-state index in [0.29, 0.717) is 5.69 Å². The molecule has 1 aromatic carbocycles. The molecular weight excluding hydrogens is 281 g/mol. The van der Waals surface area contributed by atoms with Crippen LogP contribution in [0, 0.1) is 5.82 Å². The maximum atomic E-state index is 13.0. The molecule has 0 aliphatic rings. The number of nitrogens with zero attached hydrogens (tertiary/aromatic N) is 3. The topological polar surface area (TPSA) is 112 Å². The number of halogens is 1. The first-order chi connectivity index (χ1) is 9.99. The summed E-state index contributed by atoms with van der Waals surface area (Å²) in [5, 5.41) is 6.30. The largest absolute Gasteiger partial charge is 0.463 e. The Morgan fingerprint density at radius 2 is 2.24 bits per heavy atom. The zero-order chi connectivity index (χ0) is 15.4. The summed E-state index contributed by atoms with van der Waals surface area (Å²) in [5.41, 5.74) is 5.68. The number of carbonyl (C=O) groups is 2. The van der Waals surface area contributed by atoms with E-state index < -0.39 is 17.7 Å². The molecule has 3 N–H and O–H groups in total. The molecule has 2 aromatic rings. The molecule has 1 aromatic heterocycles. The van der Waals surface area contributed by atoms with Crippen molar-refractivity contribution in [2.24, 2.45) is 0 Å². The number of aromatic nitrogens is 3. The highest BCUT2D eigenvalue weighted by Crippen LogP contribution is 2.16. The molecule has 1 amide bonds. The van der Waals surface area contributed by atoms with Gasteiger partial charge in [-0.3, -0.25) is 4.79 Å². The van der Waals surface area contributed by atoms with Crippen LogP contribution in [0.4, 0.5) is 15.8 Å². The molecule has 0 unspecified atom stereocenters. The van der Waals surface area contributed by atoms with Gasteiger partial charge >= 0.3 is 5.97 Å². The molecule has 0 atom stereocenters. The van der Waals surface area contributed by atoms with Crippen molar-refractivity contribution in [3.63, 3.8) is 0 Å². The average Bonchev–Trinajstić information content (AvgIpc) is 2.90. The molecule has 0 aliphatic heterocycles. The van der Waals surface area contributed by atoms with Crippen LogP contribution in [0.25, 0.3) is 0 Å². The van der Waals surface area contributed by atoms with Crippen molar-refractivity contribution in [2.45, 2.75) is 6.54 Å². The molecule has 0 radical (unpaired) electrons. The van der Waals surface area contributed by atoms with E-state index >= 15 is 0 Å². The fourth-order valence-corrected chi connectivity index (χ4v) is 1.52. The van der Waals surface area contributed by atoms with Crippen molar-refractivity contribution in [3.8, 4) is 0 Å². The third kappa shape index (κ3) is 3.53. The Morgan fingerprint density at radius 1 is 1.48 bits per heavy atom. The zero-order valence-electron chi connectivity index (χ0n) is 11.0. The van der Waals surface area contributed by atoms with E-state index in [1.807, 2.05) is 0 Å². The first-order valence-electron chi connectivity index (χ1n) is 5.82. The summed E-state index contributed by atoms with van der Waals surface area (Å²) < 4.78 is 18.6. The van der Waals surface area contributed by atoms with E-state index in [1.165, 1.54) is 30.3 Å². The molecule has 0 saturated heterocycles. The summed E-state index contributed by atoms with van der Waals surface area (Å²) in [5.74, 6) is -1.83. The van der Waals surface area contributed by atoms with E-state index in [9.17, 15) is 14.0 Å². The summed E-state index contributed by atoms with van der Waals surface area (Å²) in [6.45, 7) is -0.165. The summed E-state index contributed by atoms with van der Waals surface area (Å²) in [6, 6.07) is 3.83. The normalized spacial score (nSPS) is 10.2. The Morgan fingerprint density at radius 3 is 2.90 bits per heavy atom. The highest BCUT2D eigenvalue weighted by atomic mass is 19.1. The standard InChI is InChI=1S/C12H12FN5O3/c1-21-12(20)11-15-6-18(17-11)5-10(19)16-7-2-3-8(13)9(14)4-7/h2-4,6H,5,14H2,1H3,(H,16,19). The van der Waals surface area contributed by atoms with Crippen molar-refractivity contribution >= 4 is 23.3 Å². The van der Waals surface area contributed by atoms with Gasteiger partial charge in [0.1, 0.15) is 18.7 Å². The van der Waals surface area contributed by atoms with Gasteiger partial charge in [0.25, 0.3) is 5.82 Å². The van der Waals surface area contributed by atoms with Crippen LogP contribution in [0.3, 0.4) is 0 Å².